The van der Waals surface area contributed by atoms with Gasteiger partial charge in [0.2, 0.25) is 5.96 Å². The highest BCUT2D eigenvalue weighted by Crippen LogP contribution is 2.17. The Balaban J connectivity index is 2.34. The molecule has 4 nitrogen and oxygen atoms in total. The van der Waals surface area contributed by atoms with Crippen LogP contribution in [-0.2, 0) is 0 Å². The molecule has 1 saturated carbocycles. The SMILES string of the molecule is CSC(C)CN=C(NN)NC1CCCCC1. The number of aliphatic imine (C=N–C) groups is 1. The Bertz CT molecular complexity index is 214. The van der Waals surface area contributed by atoms with E-state index in [-0.39, 0.29) is 0 Å². The van der Waals surface area contributed by atoms with Crippen molar-refractivity contribution >= 4 is 17.7 Å². The molecule has 0 amide bonds. The summed E-state index contributed by atoms with van der Waals surface area (Å²) in [4.78, 5) is 4.46. The molecule has 1 aliphatic carbocycles. The second kappa shape index (κ2) is 7.79. The molecule has 0 aliphatic heterocycles. The fraction of sp³-hybridized carbons (Fsp3) is 0.909. The van der Waals surface area contributed by atoms with Crippen LogP contribution in [0.1, 0.15) is 39.0 Å². The first kappa shape index (κ1) is 13.6. The Labute approximate surface area is 103 Å². The highest BCUT2D eigenvalue weighted by molar-refractivity contribution is 7.99. The van der Waals surface area contributed by atoms with Gasteiger partial charge in [0, 0.05) is 11.3 Å². The molecular formula is C11H24N4S. The fourth-order valence-electron chi connectivity index (χ4n) is 1.87. The Kier molecular flexibility index (Phi) is 6.64. The predicted octanol–water partition coefficient (Wildman–Crippen LogP) is 1.48. The Morgan fingerprint density at radius 2 is 2.12 bits per heavy atom. The molecule has 1 aliphatic rings. The Morgan fingerprint density at radius 3 is 2.69 bits per heavy atom. The summed E-state index contributed by atoms with van der Waals surface area (Å²) in [5, 5.41) is 3.93. The summed E-state index contributed by atoms with van der Waals surface area (Å²) in [7, 11) is 0. The van der Waals surface area contributed by atoms with Gasteiger partial charge in [-0.15, -0.1) is 0 Å². The number of nitrogens with zero attached hydrogens (tertiary/aromatic N) is 1. The van der Waals surface area contributed by atoms with Gasteiger partial charge in [0.1, 0.15) is 0 Å². The number of hydrogen-bond acceptors (Lipinski definition) is 3. The van der Waals surface area contributed by atoms with E-state index in [1.165, 1.54) is 32.1 Å². The van der Waals surface area contributed by atoms with Gasteiger partial charge in [-0.3, -0.25) is 10.4 Å². The maximum absolute atomic E-state index is 5.47. The number of hydrogen-bond donors (Lipinski definition) is 3. The van der Waals surface area contributed by atoms with Crippen LogP contribution in [0.25, 0.3) is 0 Å². The molecule has 16 heavy (non-hydrogen) atoms. The number of nitrogens with two attached hydrogens (primary N) is 1. The number of hydrazine groups is 1. The van der Waals surface area contributed by atoms with Gasteiger partial charge >= 0.3 is 0 Å². The van der Waals surface area contributed by atoms with Crippen molar-refractivity contribution in [2.24, 2.45) is 10.8 Å². The third-order valence-electron chi connectivity index (χ3n) is 2.99. The van der Waals surface area contributed by atoms with E-state index in [0.29, 0.717) is 11.3 Å². The van der Waals surface area contributed by atoms with E-state index in [1.807, 2.05) is 11.8 Å². The van der Waals surface area contributed by atoms with Crippen molar-refractivity contribution in [3.8, 4) is 0 Å². The molecule has 1 unspecified atom stereocenters. The van der Waals surface area contributed by atoms with Gasteiger partial charge in [-0.05, 0) is 19.1 Å². The fourth-order valence-corrected chi connectivity index (χ4v) is 2.09. The van der Waals surface area contributed by atoms with E-state index < -0.39 is 0 Å². The van der Waals surface area contributed by atoms with Gasteiger partial charge < -0.3 is 5.32 Å². The van der Waals surface area contributed by atoms with Gasteiger partial charge in [-0.25, -0.2) is 5.84 Å². The van der Waals surface area contributed by atoms with E-state index in [4.69, 9.17) is 5.84 Å². The van der Waals surface area contributed by atoms with Crippen LogP contribution in [0.15, 0.2) is 4.99 Å². The normalized spacial score (nSPS) is 20.6. The topological polar surface area (TPSA) is 62.4 Å². The monoisotopic (exact) mass is 244 g/mol. The van der Waals surface area contributed by atoms with Gasteiger partial charge in [-0.1, -0.05) is 26.2 Å². The molecule has 5 heteroatoms. The Morgan fingerprint density at radius 1 is 1.44 bits per heavy atom. The summed E-state index contributed by atoms with van der Waals surface area (Å²) in [5.74, 6) is 6.21. The third kappa shape index (κ3) is 5.07. The minimum absolute atomic E-state index is 0.538. The van der Waals surface area contributed by atoms with Crippen LogP contribution in [0.5, 0.6) is 0 Å². The first-order valence-electron chi connectivity index (χ1n) is 6.06. The van der Waals surface area contributed by atoms with Gasteiger partial charge in [0.05, 0.1) is 6.54 Å². The molecule has 1 rings (SSSR count). The smallest absolute Gasteiger partial charge is 0.205 e. The molecule has 0 aromatic heterocycles. The van der Waals surface area contributed by atoms with Crippen LogP contribution >= 0.6 is 11.8 Å². The highest BCUT2D eigenvalue weighted by Gasteiger charge is 2.14. The number of guanidine groups is 1. The zero-order valence-electron chi connectivity index (χ0n) is 10.3. The lowest BCUT2D eigenvalue weighted by Gasteiger charge is -2.24. The van der Waals surface area contributed by atoms with Crippen molar-refractivity contribution in [1.29, 1.82) is 0 Å². The average Bonchev–Trinajstić information content (AvgIpc) is 2.35. The maximum atomic E-state index is 5.47. The standard InChI is InChI=1S/C11H24N4S/c1-9(16-2)8-13-11(15-12)14-10-6-4-3-5-7-10/h9-10H,3-8,12H2,1-2H3,(H2,13,14,15). The summed E-state index contributed by atoms with van der Waals surface area (Å²) in [6.07, 6.45) is 8.57. The van der Waals surface area contributed by atoms with Crippen LogP contribution in [0, 0.1) is 0 Å². The zero-order valence-corrected chi connectivity index (χ0v) is 11.1. The summed E-state index contributed by atoms with van der Waals surface area (Å²) in [5.41, 5.74) is 2.66. The van der Waals surface area contributed by atoms with E-state index in [2.05, 4.69) is 28.9 Å². The molecule has 1 atom stereocenters. The van der Waals surface area contributed by atoms with Crippen LogP contribution in [0.4, 0.5) is 0 Å². The summed E-state index contributed by atoms with van der Waals surface area (Å²) >= 11 is 1.82. The number of thioether (sulfide) groups is 1. The molecule has 0 radical (unpaired) electrons. The lowest BCUT2D eigenvalue weighted by molar-refractivity contribution is 0.410. The molecule has 0 spiro atoms. The van der Waals surface area contributed by atoms with E-state index >= 15 is 0 Å². The molecule has 0 bridgehead atoms. The largest absolute Gasteiger partial charge is 0.353 e. The summed E-state index contributed by atoms with van der Waals surface area (Å²) in [6, 6.07) is 0.549. The molecule has 1 fully saturated rings. The highest BCUT2D eigenvalue weighted by atomic mass is 32.2. The third-order valence-corrected chi connectivity index (χ3v) is 3.95. The molecule has 0 saturated heterocycles. The van der Waals surface area contributed by atoms with Gasteiger partial charge in [0.25, 0.3) is 0 Å². The summed E-state index contributed by atoms with van der Waals surface area (Å²) in [6.45, 7) is 2.98. The minimum Gasteiger partial charge on any atom is -0.353 e. The van der Waals surface area contributed by atoms with Gasteiger partial charge in [0.15, 0.2) is 0 Å². The van der Waals surface area contributed by atoms with E-state index in [0.717, 1.165) is 12.5 Å². The molecule has 0 aromatic rings. The zero-order chi connectivity index (χ0) is 11.8. The molecule has 4 N–H and O–H groups in total. The van der Waals surface area contributed by atoms with Crippen LogP contribution in [-0.4, -0.2) is 30.1 Å². The molecule has 0 aromatic carbocycles. The first-order chi connectivity index (χ1) is 7.76. The molecular weight excluding hydrogens is 220 g/mol. The maximum Gasteiger partial charge on any atom is 0.205 e. The van der Waals surface area contributed by atoms with Gasteiger partial charge in [-0.2, -0.15) is 11.8 Å². The van der Waals surface area contributed by atoms with Crippen molar-refractivity contribution in [3.05, 3.63) is 0 Å². The van der Waals surface area contributed by atoms with Crippen molar-refractivity contribution in [1.82, 2.24) is 10.7 Å². The van der Waals surface area contributed by atoms with Crippen molar-refractivity contribution in [2.75, 3.05) is 12.8 Å². The predicted molar refractivity (Wildman–Crippen MR) is 72.6 cm³/mol. The van der Waals surface area contributed by atoms with E-state index in [9.17, 15) is 0 Å². The van der Waals surface area contributed by atoms with Crippen molar-refractivity contribution in [3.63, 3.8) is 0 Å². The van der Waals surface area contributed by atoms with Crippen LogP contribution in [0.3, 0.4) is 0 Å². The molecule has 0 heterocycles. The Hall–Kier alpha value is -0.420. The second-order valence-electron chi connectivity index (χ2n) is 4.36. The lowest BCUT2D eigenvalue weighted by Crippen LogP contribution is -2.47. The number of rotatable bonds is 4. The van der Waals surface area contributed by atoms with Crippen molar-refractivity contribution in [2.45, 2.75) is 50.3 Å². The lowest BCUT2D eigenvalue weighted by atomic mass is 9.96. The quantitative estimate of drug-likeness (QED) is 0.303. The van der Waals surface area contributed by atoms with Crippen LogP contribution in [0.2, 0.25) is 0 Å². The summed E-state index contributed by atoms with van der Waals surface area (Å²) < 4.78 is 0. The molecule has 94 valence electrons. The van der Waals surface area contributed by atoms with E-state index in [1.54, 1.807) is 0 Å². The second-order valence-corrected chi connectivity index (χ2v) is 5.64. The average molecular weight is 244 g/mol. The minimum atomic E-state index is 0.538. The van der Waals surface area contributed by atoms with Crippen LogP contribution < -0.4 is 16.6 Å². The van der Waals surface area contributed by atoms with Crippen molar-refractivity contribution < 1.29 is 0 Å². The first-order valence-corrected chi connectivity index (χ1v) is 7.35. The number of nitrogens with one attached hydrogen (secondary N) is 2.